The normalized spacial score (nSPS) is 7.57. The van der Waals surface area contributed by atoms with E-state index in [2.05, 4.69) is 0 Å². The molecule has 0 heterocycles. The van der Waals surface area contributed by atoms with Gasteiger partial charge in [0.25, 0.3) is 0 Å². The molecule has 0 aliphatic heterocycles. The van der Waals surface area contributed by atoms with Crippen LogP contribution in [0, 0.1) is 59.9 Å². The van der Waals surface area contributed by atoms with Crippen LogP contribution in [0.2, 0.25) is 0 Å². The molecule has 0 aliphatic carbocycles. The van der Waals surface area contributed by atoms with Crippen molar-refractivity contribution in [2.75, 3.05) is 0 Å². The van der Waals surface area contributed by atoms with Crippen molar-refractivity contribution in [1.82, 2.24) is 0 Å². The van der Waals surface area contributed by atoms with E-state index in [9.17, 15) is 68.4 Å². The van der Waals surface area contributed by atoms with E-state index in [0.29, 0.717) is 0 Å². The van der Waals surface area contributed by atoms with Gasteiger partial charge in [-0.3, -0.25) is 28.8 Å². The maximum absolute atomic E-state index is 9.43. The van der Waals surface area contributed by atoms with Gasteiger partial charge in [-0.25, -0.2) is 0 Å². The van der Waals surface area contributed by atoms with Gasteiger partial charge in [0.2, 0.25) is 0 Å². The topological polar surface area (TPSA) is 384 Å². The van der Waals surface area contributed by atoms with Crippen LogP contribution in [0.15, 0.2) is 0 Å². The Morgan fingerprint density at radius 2 is 0.432 bits per heavy atom. The van der Waals surface area contributed by atoms with Crippen LogP contribution in [-0.4, -0.2) is 90.3 Å². The number of aliphatic carboxylic acids is 10. The van der Waals surface area contributed by atoms with E-state index in [4.69, 9.17) is 30.6 Å². The average molecular weight is 990 g/mol. The van der Waals surface area contributed by atoms with Crippen LogP contribution in [0.3, 0.4) is 0 Å². The molecule has 2 radical (unpaired) electrons. The van der Waals surface area contributed by atoms with E-state index in [1.807, 2.05) is 0 Å². The van der Waals surface area contributed by atoms with Gasteiger partial charge in [-0.15, -0.1) is 0 Å². The first-order valence-corrected chi connectivity index (χ1v) is 7.73. The number of rotatable bonds is 10. The van der Waals surface area contributed by atoms with Gasteiger partial charge in [0.1, 0.15) is 19.3 Å². The smallest absolute Gasteiger partial charge is 0.314 e. The summed E-state index contributed by atoms with van der Waals surface area (Å²) < 4.78 is 0. The van der Waals surface area contributed by atoms with Gasteiger partial charge in [-0.05, 0) is 0 Å². The van der Waals surface area contributed by atoms with Gasteiger partial charge in [-0.2, -0.15) is 0 Å². The minimum absolute atomic E-state index is 0. The molecule has 0 saturated heterocycles. The summed E-state index contributed by atoms with van der Waals surface area (Å²) >= 11 is 0. The maximum Gasteiger partial charge on any atom is 0.314 e. The van der Waals surface area contributed by atoms with E-state index in [1.54, 1.807) is 0 Å². The van der Waals surface area contributed by atoms with E-state index in [0.717, 1.165) is 0 Å². The summed E-state index contributed by atoms with van der Waals surface area (Å²) in [7, 11) is 0. The zero-order chi connectivity index (χ0) is 29.3. The van der Waals surface area contributed by atoms with Crippen molar-refractivity contribution >= 4 is 59.7 Å². The second kappa shape index (κ2) is 32.7. The van der Waals surface area contributed by atoms with Crippen molar-refractivity contribution in [2.45, 2.75) is 32.1 Å². The van der Waals surface area contributed by atoms with Crippen LogP contribution in [0.4, 0.5) is 0 Å². The van der Waals surface area contributed by atoms with E-state index >= 15 is 0 Å². The van der Waals surface area contributed by atoms with Crippen molar-refractivity contribution in [2.24, 2.45) is 0 Å². The molecule has 0 saturated carbocycles. The number of hydrogen-bond acceptors (Lipinski definition) is 14. The summed E-state index contributed by atoms with van der Waals surface area (Å²) in [5.74, 6) is -14.4. The van der Waals surface area contributed by atoms with Crippen molar-refractivity contribution < 1.29 is 159 Å². The van der Waals surface area contributed by atoms with Crippen LogP contribution >= 0.6 is 0 Å². The first-order valence-electron chi connectivity index (χ1n) is 7.73. The molecule has 0 amide bonds. The zero-order valence-corrected chi connectivity index (χ0v) is 25.3. The molecule has 210 valence electrons. The van der Waals surface area contributed by atoms with Crippen molar-refractivity contribution in [1.29, 1.82) is 0 Å². The fraction of sp³-hybridized carbons (Fsp3) is 0.333. The molecular weight excluding hydrogens is 974 g/mol. The van der Waals surface area contributed by atoms with Crippen LogP contribution in [0.5, 0.6) is 0 Å². The Morgan fingerprint density at radius 1 is 0.324 bits per heavy atom. The van der Waals surface area contributed by atoms with E-state index in [-0.39, 0.29) is 59.9 Å². The third-order valence-corrected chi connectivity index (χ3v) is 1.48. The van der Waals surface area contributed by atoms with E-state index in [1.165, 1.54) is 0 Å². The molecule has 6 N–H and O–H groups in total. The van der Waals surface area contributed by atoms with Crippen LogP contribution in [0.1, 0.15) is 32.1 Å². The molecule has 0 spiro atoms. The summed E-state index contributed by atoms with van der Waals surface area (Å²) in [6, 6.07) is 0. The number of carboxylic acid groups (broad SMARTS) is 10. The molecule has 20 nitrogen and oxygen atoms in total. The monoisotopic (exact) mass is 988 g/mol. The number of carbonyl (C=O) groups is 10. The van der Waals surface area contributed by atoms with Gasteiger partial charge in [0, 0.05) is 96.6 Å². The molecule has 0 rings (SSSR count). The SMILES string of the molecule is O=C(O)CC(=O)O.O=C(O)CC(=O)O.O=C(O)CC(=O)O.O=C([O-])CC(=O)[O-].O=C([O-])CC(=O)[O-].[Np].[Np]. The minimum atomic E-state index is -1.63. The summed E-state index contributed by atoms with van der Waals surface area (Å²) in [5.41, 5.74) is 0. The summed E-state index contributed by atoms with van der Waals surface area (Å²) in [6.45, 7) is 0. The molecule has 37 heavy (non-hydrogen) atoms. The number of hydrogen-bond donors (Lipinski definition) is 6. The Kier molecular flexibility index (Phi) is 44.7. The molecule has 22 heteroatoms. The summed E-state index contributed by atoms with van der Waals surface area (Å²) in [5, 5.41) is 83.3. The standard InChI is InChI=1S/5C3H4O4.2Np/c5*4-2(5)1-3(6)7;;/h5*1H2,(H,4,5)(H,6,7);;/p-4. The van der Waals surface area contributed by atoms with Crippen LogP contribution in [0.25, 0.3) is 0 Å². The van der Waals surface area contributed by atoms with Crippen molar-refractivity contribution in [3.63, 3.8) is 0 Å². The molecule has 0 aliphatic rings. The second-order valence-corrected chi connectivity index (χ2v) is 4.73. The quantitative estimate of drug-likeness (QED) is 0.111. The van der Waals surface area contributed by atoms with Crippen LogP contribution in [-0.2, 0) is 47.9 Å². The minimum Gasteiger partial charge on any atom is -0.550 e. The predicted octanol–water partition coefficient (Wildman–Crippen LogP) is -7.61. The Bertz CT molecular complexity index is 578. The molecule has 0 aromatic rings. The molecule has 0 aromatic carbocycles. The summed E-state index contributed by atoms with van der Waals surface area (Å²) in [4.78, 5) is 93.7. The second-order valence-electron chi connectivity index (χ2n) is 4.73. The first-order chi connectivity index (χ1) is 15.6. The molecule has 0 atom stereocenters. The van der Waals surface area contributed by atoms with Crippen molar-refractivity contribution in [3.05, 3.63) is 0 Å². The average Bonchev–Trinajstić information content (AvgIpc) is 2.49. The fourth-order valence-electron chi connectivity index (χ4n) is 0.624. The molecular formula is C15H16Np2O20-4. The zero-order valence-electron chi connectivity index (χ0n) is 17.8. The maximum atomic E-state index is 9.43. The molecule has 0 fully saturated rings. The number of carboxylic acids is 10. The van der Waals surface area contributed by atoms with Gasteiger partial charge in [0.05, 0.1) is 0 Å². The van der Waals surface area contributed by atoms with Gasteiger partial charge < -0.3 is 70.2 Å². The van der Waals surface area contributed by atoms with Gasteiger partial charge in [0.15, 0.2) is 0 Å². The number of carbonyl (C=O) groups excluding carboxylic acids is 4. The van der Waals surface area contributed by atoms with Crippen molar-refractivity contribution in [3.8, 4) is 0 Å². The third-order valence-electron chi connectivity index (χ3n) is 1.48. The Balaban J connectivity index is -0.0000000600. The molecule has 0 aromatic heterocycles. The Hall–Kier alpha value is -3.27. The Morgan fingerprint density at radius 3 is 0.432 bits per heavy atom. The molecule has 0 bridgehead atoms. The largest absolute Gasteiger partial charge is 0.550 e. The fourth-order valence-corrected chi connectivity index (χ4v) is 0.624. The third kappa shape index (κ3) is 110. The van der Waals surface area contributed by atoms with Gasteiger partial charge >= 0.3 is 35.8 Å². The van der Waals surface area contributed by atoms with E-state index < -0.39 is 91.8 Å². The molecule has 0 unspecified atom stereocenters. The summed E-state index contributed by atoms with van der Waals surface area (Å²) in [6.07, 6.45) is -4.47. The van der Waals surface area contributed by atoms with Crippen LogP contribution < -0.4 is 20.4 Å². The van der Waals surface area contributed by atoms with Gasteiger partial charge in [-0.1, -0.05) is 0 Å². The predicted molar refractivity (Wildman–Crippen MR) is 88.9 cm³/mol. The first kappa shape index (κ1) is 50.6. The Labute approximate surface area is 249 Å².